The lowest BCUT2D eigenvalue weighted by atomic mass is 10.00. The second kappa shape index (κ2) is 4.70. The van der Waals surface area contributed by atoms with Gasteiger partial charge in [-0.3, -0.25) is 4.79 Å². The number of fused-ring (bicyclic) bond motifs is 1. The van der Waals surface area contributed by atoms with Gasteiger partial charge in [0.2, 0.25) is 0 Å². The van der Waals surface area contributed by atoms with Gasteiger partial charge in [-0.15, -0.1) is 0 Å². The molecule has 3 aromatic rings. The molecule has 3 rings (SSSR count). The molecule has 0 spiro atoms. The zero-order valence-electron chi connectivity index (χ0n) is 10.6. The average molecular weight is 264 g/mol. The number of hydrogen-bond acceptors (Lipinski definition) is 3. The number of aldehydes is 1. The number of phenolic OH excluding ortho intramolecular Hbond substituents is 2. The van der Waals surface area contributed by atoms with Crippen LogP contribution < -0.4 is 0 Å². The van der Waals surface area contributed by atoms with Gasteiger partial charge in [-0.25, -0.2) is 0 Å². The van der Waals surface area contributed by atoms with Gasteiger partial charge in [0.25, 0.3) is 0 Å². The first-order chi connectivity index (χ1) is 9.67. The third-order valence-corrected chi connectivity index (χ3v) is 3.31. The number of carbonyl (C=O) groups excluding carboxylic acids is 1. The van der Waals surface area contributed by atoms with Crippen molar-refractivity contribution in [2.45, 2.75) is 0 Å². The largest absolute Gasteiger partial charge is 0.508 e. The summed E-state index contributed by atoms with van der Waals surface area (Å²) in [4.78, 5) is 10.7. The molecule has 0 saturated carbocycles. The smallest absolute Gasteiger partial charge is 0.153 e. The molecule has 0 heterocycles. The van der Waals surface area contributed by atoms with Gasteiger partial charge < -0.3 is 10.2 Å². The fourth-order valence-corrected chi connectivity index (χ4v) is 2.24. The number of rotatable bonds is 2. The summed E-state index contributed by atoms with van der Waals surface area (Å²) in [6.45, 7) is 0. The molecule has 3 nitrogen and oxygen atoms in total. The van der Waals surface area contributed by atoms with Gasteiger partial charge in [-0.2, -0.15) is 0 Å². The molecular formula is C17H12O3. The number of aromatic hydroxyl groups is 2. The van der Waals surface area contributed by atoms with Crippen LogP contribution in [0.1, 0.15) is 10.4 Å². The predicted octanol–water partition coefficient (Wildman–Crippen LogP) is 3.73. The monoisotopic (exact) mass is 264 g/mol. The van der Waals surface area contributed by atoms with Crippen molar-refractivity contribution in [3.8, 4) is 22.6 Å². The van der Waals surface area contributed by atoms with Crippen LogP contribution in [-0.2, 0) is 0 Å². The number of hydrogen-bond donors (Lipinski definition) is 2. The molecular weight excluding hydrogens is 252 g/mol. The Morgan fingerprint density at radius 3 is 2.15 bits per heavy atom. The van der Waals surface area contributed by atoms with Crippen molar-refractivity contribution in [1.29, 1.82) is 0 Å². The topological polar surface area (TPSA) is 57.5 Å². The van der Waals surface area contributed by atoms with Crippen molar-refractivity contribution in [2.24, 2.45) is 0 Å². The van der Waals surface area contributed by atoms with E-state index >= 15 is 0 Å². The maximum atomic E-state index is 10.7. The fourth-order valence-electron chi connectivity index (χ4n) is 2.24. The zero-order valence-corrected chi connectivity index (χ0v) is 10.6. The van der Waals surface area contributed by atoms with Gasteiger partial charge in [0.05, 0.1) is 5.56 Å². The van der Waals surface area contributed by atoms with Crippen LogP contribution in [0, 0.1) is 0 Å². The van der Waals surface area contributed by atoms with E-state index in [0.29, 0.717) is 6.29 Å². The van der Waals surface area contributed by atoms with Gasteiger partial charge in [0, 0.05) is 0 Å². The third kappa shape index (κ3) is 2.10. The molecule has 0 saturated heterocycles. The number of phenols is 2. The normalized spacial score (nSPS) is 10.6. The minimum atomic E-state index is -0.0247. The number of benzene rings is 3. The summed E-state index contributed by atoms with van der Waals surface area (Å²) in [6.07, 6.45) is 0.627. The summed E-state index contributed by atoms with van der Waals surface area (Å²) in [5, 5.41) is 21.1. The molecule has 0 aliphatic carbocycles. The average Bonchev–Trinajstić information content (AvgIpc) is 2.46. The first-order valence-corrected chi connectivity index (χ1v) is 6.19. The van der Waals surface area contributed by atoms with E-state index in [4.69, 9.17) is 0 Å². The Labute approximate surface area is 115 Å². The van der Waals surface area contributed by atoms with E-state index in [1.165, 1.54) is 0 Å². The summed E-state index contributed by atoms with van der Waals surface area (Å²) >= 11 is 0. The SMILES string of the molecule is O=Cc1ccc(-c2ccc3cc(O)ccc3c2)cc1O. The van der Waals surface area contributed by atoms with E-state index in [1.807, 2.05) is 24.3 Å². The van der Waals surface area contributed by atoms with E-state index < -0.39 is 0 Å². The summed E-state index contributed by atoms with van der Waals surface area (Å²) in [5.41, 5.74) is 2.05. The van der Waals surface area contributed by atoms with Crippen molar-refractivity contribution in [2.75, 3.05) is 0 Å². The van der Waals surface area contributed by atoms with Crippen LogP contribution in [0.4, 0.5) is 0 Å². The molecule has 0 bridgehead atoms. The molecule has 0 aliphatic rings. The second-order valence-electron chi connectivity index (χ2n) is 4.64. The molecule has 0 radical (unpaired) electrons. The highest BCUT2D eigenvalue weighted by atomic mass is 16.3. The van der Waals surface area contributed by atoms with Crippen molar-refractivity contribution >= 4 is 17.1 Å². The lowest BCUT2D eigenvalue weighted by Gasteiger charge is -2.06. The van der Waals surface area contributed by atoms with Crippen molar-refractivity contribution < 1.29 is 15.0 Å². The molecule has 98 valence electrons. The third-order valence-electron chi connectivity index (χ3n) is 3.31. The Morgan fingerprint density at radius 2 is 1.40 bits per heavy atom. The Bertz CT molecular complexity index is 806. The molecule has 3 heteroatoms. The van der Waals surface area contributed by atoms with Gasteiger partial charge in [-0.1, -0.05) is 24.3 Å². The minimum absolute atomic E-state index is 0.0247. The van der Waals surface area contributed by atoms with Crippen molar-refractivity contribution in [3.05, 3.63) is 60.2 Å². The quantitative estimate of drug-likeness (QED) is 0.693. The minimum Gasteiger partial charge on any atom is -0.508 e. The first kappa shape index (κ1) is 12.2. The Kier molecular flexibility index (Phi) is 2.88. The van der Waals surface area contributed by atoms with Crippen LogP contribution in [0.3, 0.4) is 0 Å². The summed E-state index contributed by atoms with van der Waals surface area (Å²) < 4.78 is 0. The lowest BCUT2D eigenvalue weighted by molar-refractivity contribution is 0.112. The fraction of sp³-hybridized carbons (Fsp3) is 0. The molecule has 0 aromatic heterocycles. The van der Waals surface area contributed by atoms with Gasteiger partial charge >= 0.3 is 0 Å². The lowest BCUT2D eigenvalue weighted by Crippen LogP contribution is -1.84. The molecule has 20 heavy (non-hydrogen) atoms. The molecule has 2 N–H and O–H groups in total. The molecule has 0 unspecified atom stereocenters. The van der Waals surface area contributed by atoms with E-state index in [1.54, 1.807) is 30.3 Å². The van der Waals surface area contributed by atoms with Crippen LogP contribution in [-0.4, -0.2) is 16.5 Å². The van der Waals surface area contributed by atoms with Crippen LogP contribution >= 0.6 is 0 Å². The summed E-state index contributed by atoms with van der Waals surface area (Å²) in [5.74, 6) is 0.210. The predicted molar refractivity (Wildman–Crippen MR) is 78.1 cm³/mol. The highest BCUT2D eigenvalue weighted by molar-refractivity contribution is 5.89. The van der Waals surface area contributed by atoms with Crippen LogP contribution in [0.5, 0.6) is 11.5 Å². The Balaban J connectivity index is 2.12. The highest BCUT2D eigenvalue weighted by Gasteiger charge is 2.05. The first-order valence-electron chi connectivity index (χ1n) is 6.19. The maximum absolute atomic E-state index is 10.7. The number of carbonyl (C=O) groups is 1. The molecule has 0 aliphatic heterocycles. The van der Waals surface area contributed by atoms with Crippen molar-refractivity contribution in [3.63, 3.8) is 0 Å². The van der Waals surface area contributed by atoms with Crippen LogP contribution in [0.2, 0.25) is 0 Å². The van der Waals surface area contributed by atoms with E-state index in [-0.39, 0.29) is 17.1 Å². The van der Waals surface area contributed by atoms with Crippen LogP contribution in [0.25, 0.3) is 21.9 Å². The van der Waals surface area contributed by atoms with Gasteiger partial charge in [-0.05, 0) is 52.2 Å². The van der Waals surface area contributed by atoms with Gasteiger partial charge in [0.1, 0.15) is 11.5 Å². The van der Waals surface area contributed by atoms with E-state index in [0.717, 1.165) is 21.9 Å². The summed E-state index contributed by atoms with van der Waals surface area (Å²) in [6, 6.07) is 15.9. The molecule has 0 fully saturated rings. The van der Waals surface area contributed by atoms with Gasteiger partial charge in [0.15, 0.2) is 6.29 Å². The van der Waals surface area contributed by atoms with Crippen molar-refractivity contribution in [1.82, 2.24) is 0 Å². The second-order valence-corrected chi connectivity index (χ2v) is 4.64. The molecule has 0 atom stereocenters. The standard InChI is InChI=1S/C17H12O3/c18-10-15-4-3-14(9-17(15)20)11-1-2-13-8-16(19)6-5-12(13)7-11/h1-10,19-20H. The van der Waals surface area contributed by atoms with E-state index in [2.05, 4.69) is 0 Å². The zero-order chi connectivity index (χ0) is 14.1. The highest BCUT2D eigenvalue weighted by Crippen LogP contribution is 2.29. The Morgan fingerprint density at radius 1 is 0.750 bits per heavy atom. The molecule has 3 aromatic carbocycles. The maximum Gasteiger partial charge on any atom is 0.153 e. The van der Waals surface area contributed by atoms with Crippen LogP contribution in [0.15, 0.2) is 54.6 Å². The molecule has 0 amide bonds. The summed E-state index contributed by atoms with van der Waals surface area (Å²) in [7, 11) is 0. The van der Waals surface area contributed by atoms with E-state index in [9.17, 15) is 15.0 Å². The Hall–Kier alpha value is -2.81.